The van der Waals surface area contributed by atoms with E-state index in [1.54, 1.807) is 0 Å². The van der Waals surface area contributed by atoms with Crippen LogP contribution in [0.1, 0.15) is 37.3 Å². The van der Waals surface area contributed by atoms with Crippen molar-refractivity contribution in [3.05, 3.63) is 60.2 Å². The highest BCUT2D eigenvalue weighted by molar-refractivity contribution is 5.91. The quantitative estimate of drug-likeness (QED) is 0.527. The number of hydrogen-bond donors (Lipinski definition) is 2. The number of para-hydroxylation sites is 2. The Labute approximate surface area is 174 Å². The summed E-state index contributed by atoms with van der Waals surface area (Å²) in [4.78, 5) is 20.3. The highest BCUT2D eigenvalue weighted by atomic mass is 16.1. The lowest BCUT2D eigenvalue weighted by Gasteiger charge is -2.09. The number of nitrogens with zero attached hydrogens (tertiary/aromatic N) is 4. The second-order valence-corrected chi connectivity index (χ2v) is 7.73. The number of imidazole rings is 1. The van der Waals surface area contributed by atoms with Crippen molar-refractivity contribution in [2.24, 2.45) is 0 Å². The average molecular weight is 400 g/mol. The Morgan fingerprint density at radius 3 is 2.93 bits per heavy atom. The number of aromatic nitrogens is 5. The maximum atomic E-state index is 12.5. The van der Waals surface area contributed by atoms with Crippen LogP contribution < -0.4 is 5.32 Å². The molecule has 4 aromatic rings. The highest BCUT2D eigenvalue weighted by Crippen LogP contribution is 2.25. The summed E-state index contributed by atoms with van der Waals surface area (Å²) in [5, 5.41) is 11.8. The van der Waals surface area contributed by atoms with Crippen molar-refractivity contribution in [3.63, 3.8) is 0 Å². The fourth-order valence-electron chi connectivity index (χ4n) is 4.01. The fourth-order valence-corrected chi connectivity index (χ4v) is 4.01. The molecule has 1 aliphatic heterocycles. The van der Waals surface area contributed by atoms with Crippen LogP contribution >= 0.6 is 0 Å². The predicted molar refractivity (Wildman–Crippen MR) is 116 cm³/mol. The maximum absolute atomic E-state index is 12.5. The van der Waals surface area contributed by atoms with Crippen molar-refractivity contribution in [1.82, 2.24) is 24.7 Å². The SMILES string of the molecule is O=C(CCc1nc2ccccc2[nH]1)Nc1cccc(-c2nnc3n2CCCCC3)c1. The topological polar surface area (TPSA) is 88.5 Å². The van der Waals surface area contributed by atoms with Crippen LogP contribution in [0.4, 0.5) is 5.69 Å². The van der Waals surface area contributed by atoms with Gasteiger partial charge in [0.15, 0.2) is 5.82 Å². The monoisotopic (exact) mass is 400 g/mol. The zero-order chi connectivity index (χ0) is 20.3. The van der Waals surface area contributed by atoms with Crippen LogP contribution in [0.25, 0.3) is 22.4 Å². The van der Waals surface area contributed by atoms with Crippen molar-refractivity contribution in [2.75, 3.05) is 5.32 Å². The van der Waals surface area contributed by atoms with E-state index >= 15 is 0 Å². The summed E-state index contributed by atoms with van der Waals surface area (Å²) in [6, 6.07) is 15.7. The zero-order valence-electron chi connectivity index (χ0n) is 16.8. The van der Waals surface area contributed by atoms with Gasteiger partial charge in [-0.15, -0.1) is 10.2 Å². The first-order valence-corrected chi connectivity index (χ1v) is 10.5. The molecule has 1 amide bonds. The molecule has 0 spiro atoms. The smallest absolute Gasteiger partial charge is 0.224 e. The van der Waals surface area contributed by atoms with E-state index in [0.29, 0.717) is 12.8 Å². The predicted octanol–water partition coefficient (Wildman–Crippen LogP) is 4.12. The van der Waals surface area contributed by atoms with E-state index in [2.05, 4.69) is 30.0 Å². The van der Waals surface area contributed by atoms with Crippen LogP contribution in [0.3, 0.4) is 0 Å². The standard InChI is InChI=1S/C23H24N6O/c30-22(13-12-20-25-18-9-3-4-10-19(18)26-20)24-17-8-6-7-16(15-17)23-28-27-21-11-2-1-5-14-29(21)23/h3-4,6-10,15H,1-2,5,11-14H2,(H,24,30)(H,25,26). The molecule has 7 nitrogen and oxygen atoms in total. The molecule has 0 saturated carbocycles. The van der Waals surface area contributed by atoms with Crippen molar-refractivity contribution in [3.8, 4) is 11.4 Å². The first-order valence-electron chi connectivity index (χ1n) is 10.5. The minimum absolute atomic E-state index is 0.0346. The van der Waals surface area contributed by atoms with Crippen LogP contribution in [0, 0.1) is 0 Å². The molecule has 0 saturated heterocycles. The van der Waals surface area contributed by atoms with E-state index in [0.717, 1.165) is 59.1 Å². The van der Waals surface area contributed by atoms with E-state index in [1.807, 2.05) is 48.5 Å². The third-order valence-corrected chi connectivity index (χ3v) is 5.54. The second-order valence-electron chi connectivity index (χ2n) is 7.73. The minimum Gasteiger partial charge on any atom is -0.342 e. The number of H-pyrrole nitrogens is 1. The lowest BCUT2D eigenvalue weighted by Crippen LogP contribution is -2.12. The molecule has 30 heavy (non-hydrogen) atoms. The molecular formula is C23H24N6O. The third-order valence-electron chi connectivity index (χ3n) is 5.54. The van der Waals surface area contributed by atoms with Gasteiger partial charge in [0.1, 0.15) is 11.6 Å². The van der Waals surface area contributed by atoms with Gasteiger partial charge in [0.2, 0.25) is 5.91 Å². The fraction of sp³-hybridized carbons (Fsp3) is 0.304. The first kappa shape index (κ1) is 18.5. The van der Waals surface area contributed by atoms with Crippen LogP contribution in [0.5, 0.6) is 0 Å². The molecular weight excluding hydrogens is 376 g/mol. The van der Waals surface area contributed by atoms with Crippen LogP contribution in [0.2, 0.25) is 0 Å². The van der Waals surface area contributed by atoms with E-state index in [1.165, 1.54) is 12.8 Å². The highest BCUT2D eigenvalue weighted by Gasteiger charge is 2.16. The van der Waals surface area contributed by atoms with E-state index < -0.39 is 0 Å². The van der Waals surface area contributed by atoms with Gasteiger partial charge in [-0.25, -0.2) is 4.98 Å². The number of nitrogens with one attached hydrogen (secondary N) is 2. The van der Waals surface area contributed by atoms with Crippen molar-refractivity contribution < 1.29 is 4.79 Å². The average Bonchev–Trinajstić information content (AvgIpc) is 3.29. The zero-order valence-corrected chi connectivity index (χ0v) is 16.8. The summed E-state index contributed by atoms with van der Waals surface area (Å²) in [6.45, 7) is 0.950. The molecule has 2 N–H and O–H groups in total. The molecule has 3 heterocycles. The Morgan fingerprint density at radius 2 is 2.00 bits per heavy atom. The molecule has 2 aromatic heterocycles. The number of hydrogen-bond acceptors (Lipinski definition) is 4. The van der Waals surface area contributed by atoms with Gasteiger partial charge in [-0.1, -0.05) is 30.7 Å². The van der Waals surface area contributed by atoms with Gasteiger partial charge in [-0.2, -0.15) is 0 Å². The van der Waals surface area contributed by atoms with E-state index in [-0.39, 0.29) is 5.91 Å². The van der Waals surface area contributed by atoms with Gasteiger partial charge in [0.05, 0.1) is 11.0 Å². The Bertz CT molecular complexity index is 1160. The molecule has 5 rings (SSSR count). The molecule has 1 aliphatic rings. The maximum Gasteiger partial charge on any atom is 0.224 e. The number of amides is 1. The Balaban J connectivity index is 1.26. The minimum atomic E-state index is -0.0346. The van der Waals surface area contributed by atoms with Crippen LogP contribution in [0.15, 0.2) is 48.5 Å². The molecule has 0 unspecified atom stereocenters. The molecule has 152 valence electrons. The molecule has 7 heteroatoms. The Hall–Kier alpha value is -3.48. The summed E-state index contributed by atoms with van der Waals surface area (Å²) < 4.78 is 2.22. The lowest BCUT2D eigenvalue weighted by molar-refractivity contribution is -0.116. The summed E-state index contributed by atoms with van der Waals surface area (Å²) >= 11 is 0. The van der Waals surface area contributed by atoms with Gasteiger partial charge in [0, 0.05) is 37.1 Å². The van der Waals surface area contributed by atoms with Crippen LogP contribution in [-0.4, -0.2) is 30.6 Å². The summed E-state index contributed by atoms with van der Waals surface area (Å²) in [5.41, 5.74) is 3.67. The summed E-state index contributed by atoms with van der Waals surface area (Å²) in [7, 11) is 0. The Morgan fingerprint density at radius 1 is 1.07 bits per heavy atom. The second kappa shape index (κ2) is 8.10. The number of benzene rings is 2. The number of rotatable bonds is 5. The molecule has 0 radical (unpaired) electrons. The van der Waals surface area contributed by atoms with E-state index in [4.69, 9.17) is 0 Å². The van der Waals surface area contributed by atoms with Gasteiger partial charge in [-0.05, 0) is 37.1 Å². The van der Waals surface area contributed by atoms with Crippen molar-refractivity contribution >= 4 is 22.6 Å². The summed E-state index contributed by atoms with van der Waals surface area (Å²) in [6.07, 6.45) is 5.45. The molecule has 0 fully saturated rings. The molecule has 0 bridgehead atoms. The number of carbonyl (C=O) groups excluding carboxylic acids is 1. The lowest BCUT2D eigenvalue weighted by atomic mass is 10.1. The molecule has 0 aliphatic carbocycles. The normalized spacial score (nSPS) is 13.7. The van der Waals surface area contributed by atoms with E-state index in [9.17, 15) is 4.79 Å². The number of aromatic amines is 1. The molecule has 0 atom stereocenters. The first-order chi connectivity index (χ1) is 14.8. The van der Waals surface area contributed by atoms with Crippen molar-refractivity contribution in [2.45, 2.75) is 45.1 Å². The number of anilines is 1. The molecule has 2 aromatic carbocycles. The third kappa shape index (κ3) is 3.83. The summed E-state index contributed by atoms with van der Waals surface area (Å²) in [5.74, 6) is 2.73. The van der Waals surface area contributed by atoms with Gasteiger partial charge < -0.3 is 14.9 Å². The number of carbonyl (C=O) groups is 1. The van der Waals surface area contributed by atoms with Gasteiger partial charge >= 0.3 is 0 Å². The van der Waals surface area contributed by atoms with Gasteiger partial charge in [-0.3, -0.25) is 4.79 Å². The van der Waals surface area contributed by atoms with Crippen molar-refractivity contribution in [1.29, 1.82) is 0 Å². The largest absolute Gasteiger partial charge is 0.342 e. The van der Waals surface area contributed by atoms with Gasteiger partial charge in [0.25, 0.3) is 0 Å². The Kier molecular flexibility index (Phi) is 5.01. The number of fused-ring (bicyclic) bond motifs is 2. The van der Waals surface area contributed by atoms with Crippen LogP contribution in [-0.2, 0) is 24.2 Å². The number of aryl methyl sites for hydroxylation is 2.